The summed E-state index contributed by atoms with van der Waals surface area (Å²) in [5.41, 5.74) is 0.700. The standard InChI is InChI=1S/C13H18BrClN2O2S/c1-13(2,3)20-17-10(7-12(18)19-4)9-5-8(14)6-11(15)16-9/h5-6,10,17H,7H2,1-4H3/t10-/m0/s1. The summed E-state index contributed by atoms with van der Waals surface area (Å²) in [7, 11) is 1.37. The molecule has 0 bridgehead atoms. The van der Waals surface area contributed by atoms with Gasteiger partial charge in [-0.15, -0.1) is 0 Å². The van der Waals surface area contributed by atoms with E-state index < -0.39 is 0 Å². The number of methoxy groups -OCH3 is 1. The Labute approximate surface area is 137 Å². The van der Waals surface area contributed by atoms with Crippen molar-refractivity contribution in [3.05, 3.63) is 27.5 Å². The number of hydrogen-bond donors (Lipinski definition) is 1. The van der Waals surface area contributed by atoms with Crippen molar-refractivity contribution in [2.75, 3.05) is 7.11 Å². The Bertz CT molecular complexity index is 460. The molecule has 7 heteroatoms. The number of pyridine rings is 1. The van der Waals surface area contributed by atoms with Crippen LogP contribution in [-0.2, 0) is 9.53 Å². The van der Waals surface area contributed by atoms with E-state index in [1.165, 1.54) is 7.11 Å². The number of halogens is 2. The summed E-state index contributed by atoms with van der Waals surface area (Å²) in [6, 6.07) is 3.29. The average molecular weight is 382 g/mol. The van der Waals surface area contributed by atoms with E-state index in [0.717, 1.165) is 4.47 Å². The second-order valence-electron chi connectivity index (χ2n) is 5.20. The van der Waals surface area contributed by atoms with E-state index in [0.29, 0.717) is 10.8 Å². The van der Waals surface area contributed by atoms with Gasteiger partial charge in [-0.2, -0.15) is 0 Å². The van der Waals surface area contributed by atoms with Gasteiger partial charge < -0.3 is 4.74 Å². The highest BCUT2D eigenvalue weighted by Crippen LogP contribution is 2.28. The van der Waals surface area contributed by atoms with E-state index in [-0.39, 0.29) is 23.2 Å². The highest BCUT2D eigenvalue weighted by Gasteiger charge is 2.21. The molecule has 0 spiro atoms. The molecule has 1 atom stereocenters. The first kappa shape index (κ1) is 17.8. The van der Waals surface area contributed by atoms with Crippen LogP contribution in [0.1, 0.15) is 38.9 Å². The molecule has 0 aliphatic rings. The van der Waals surface area contributed by atoms with Crippen LogP contribution < -0.4 is 4.72 Å². The van der Waals surface area contributed by atoms with E-state index in [2.05, 4.69) is 46.4 Å². The zero-order valence-corrected chi connectivity index (χ0v) is 15.0. The fourth-order valence-electron chi connectivity index (χ4n) is 1.37. The van der Waals surface area contributed by atoms with Crippen LogP contribution in [0.3, 0.4) is 0 Å². The summed E-state index contributed by atoms with van der Waals surface area (Å²) in [6.07, 6.45) is 0.194. The summed E-state index contributed by atoms with van der Waals surface area (Å²) < 4.78 is 8.85. The number of carbonyl (C=O) groups excluding carboxylic acids is 1. The molecule has 0 amide bonds. The minimum atomic E-state index is -0.296. The van der Waals surface area contributed by atoms with Crippen molar-refractivity contribution < 1.29 is 9.53 Å². The maximum absolute atomic E-state index is 11.5. The van der Waals surface area contributed by atoms with Crippen LogP contribution in [0.4, 0.5) is 0 Å². The van der Waals surface area contributed by atoms with Crippen molar-refractivity contribution >= 4 is 45.4 Å². The van der Waals surface area contributed by atoms with Crippen LogP contribution in [-0.4, -0.2) is 22.8 Å². The summed E-state index contributed by atoms with van der Waals surface area (Å²) in [5, 5.41) is 0.381. The molecule has 1 aromatic heterocycles. The van der Waals surface area contributed by atoms with Crippen LogP contribution in [0.2, 0.25) is 5.15 Å². The van der Waals surface area contributed by atoms with E-state index in [1.807, 2.05) is 6.07 Å². The maximum atomic E-state index is 11.5. The predicted molar refractivity (Wildman–Crippen MR) is 86.8 cm³/mol. The molecular weight excluding hydrogens is 364 g/mol. The van der Waals surface area contributed by atoms with E-state index in [4.69, 9.17) is 16.3 Å². The Balaban J connectivity index is 2.93. The largest absolute Gasteiger partial charge is 0.469 e. The van der Waals surface area contributed by atoms with Gasteiger partial charge in [0, 0.05) is 9.22 Å². The van der Waals surface area contributed by atoms with Crippen LogP contribution >= 0.6 is 39.5 Å². The second-order valence-corrected chi connectivity index (χ2v) is 8.17. The monoisotopic (exact) mass is 380 g/mol. The lowest BCUT2D eigenvalue weighted by Gasteiger charge is -2.23. The Morgan fingerprint density at radius 1 is 1.55 bits per heavy atom. The molecule has 20 heavy (non-hydrogen) atoms. The third-order valence-corrected chi connectivity index (χ3v) is 3.91. The van der Waals surface area contributed by atoms with Crippen LogP contribution in [0, 0.1) is 0 Å². The molecule has 0 aliphatic carbocycles. The number of aromatic nitrogens is 1. The van der Waals surface area contributed by atoms with Gasteiger partial charge in [0.1, 0.15) is 5.15 Å². The number of esters is 1. The first-order valence-corrected chi connectivity index (χ1v) is 8.03. The molecule has 0 fully saturated rings. The van der Waals surface area contributed by atoms with Gasteiger partial charge in [-0.25, -0.2) is 4.98 Å². The van der Waals surface area contributed by atoms with Crippen molar-refractivity contribution in [1.82, 2.24) is 9.71 Å². The van der Waals surface area contributed by atoms with Gasteiger partial charge in [0.25, 0.3) is 0 Å². The predicted octanol–water partition coefficient (Wildman–Crippen LogP) is 4.14. The topological polar surface area (TPSA) is 51.2 Å². The van der Waals surface area contributed by atoms with Gasteiger partial charge in [-0.3, -0.25) is 9.52 Å². The van der Waals surface area contributed by atoms with Crippen molar-refractivity contribution in [3.63, 3.8) is 0 Å². The molecule has 1 heterocycles. The maximum Gasteiger partial charge on any atom is 0.307 e. The Kier molecular flexibility index (Phi) is 6.78. The van der Waals surface area contributed by atoms with Gasteiger partial charge in [0.2, 0.25) is 0 Å². The van der Waals surface area contributed by atoms with Crippen molar-refractivity contribution in [3.8, 4) is 0 Å². The fourth-order valence-corrected chi connectivity index (χ4v) is 2.87. The number of carbonyl (C=O) groups is 1. The summed E-state index contributed by atoms with van der Waals surface area (Å²) in [4.78, 5) is 15.8. The molecule has 0 aliphatic heterocycles. The molecule has 1 rings (SSSR count). The van der Waals surface area contributed by atoms with Crippen LogP contribution in [0.25, 0.3) is 0 Å². The van der Waals surface area contributed by atoms with E-state index in [9.17, 15) is 4.79 Å². The lowest BCUT2D eigenvalue weighted by molar-refractivity contribution is -0.141. The summed E-state index contributed by atoms with van der Waals surface area (Å²) in [5.74, 6) is -0.296. The quantitative estimate of drug-likeness (QED) is 0.472. The molecule has 0 saturated heterocycles. The first-order valence-electron chi connectivity index (χ1n) is 6.04. The Morgan fingerprint density at radius 2 is 2.20 bits per heavy atom. The number of nitrogens with zero attached hydrogens (tertiary/aromatic N) is 1. The number of nitrogens with one attached hydrogen (secondary N) is 1. The number of rotatable bonds is 5. The number of ether oxygens (including phenoxy) is 1. The van der Waals surface area contributed by atoms with Gasteiger partial charge in [-0.05, 0) is 32.9 Å². The molecule has 0 saturated carbocycles. The van der Waals surface area contributed by atoms with Gasteiger partial charge >= 0.3 is 5.97 Å². The normalized spacial score (nSPS) is 13.1. The SMILES string of the molecule is COC(=O)C[C@H](NSC(C)(C)C)c1cc(Br)cc(Cl)n1. The molecule has 0 radical (unpaired) electrons. The molecule has 4 nitrogen and oxygen atoms in total. The van der Waals surface area contributed by atoms with Crippen LogP contribution in [0.15, 0.2) is 16.6 Å². The molecule has 1 N–H and O–H groups in total. The highest BCUT2D eigenvalue weighted by atomic mass is 79.9. The highest BCUT2D eigenvalue weighted by molar-refractivity contribution is 9.10. The third kappa shape index (κ3) is 6.43. The number of hydrogen-bond acceptors (Lipinski definition) is 5. The third-order valence-electron chi connectivity index (χ3n) is 2.24. The van der Waals surface area contributed by atoms with Gasteiger partial charge in [-0.1, -0.05) is 39.5 Å². The van der Waals surface area contributed by atoms with Gasteiger partial charge in [0.15, 0.2) is 0 Å². The minimum Gasteiger partial charge on any atom is -0.469 e. The van der Waals surface area contributed by atoms with E-state index in [1.54, 1.807) is 18.0 Å². The van der Waals surface area contributed by atoms with E-state index >= 15 is 0 Å². The molecule has 0 aromatic carbocycles. The molecule has 112 valence electrons. The Hall–Kier alpha value is -0.300. The zero-order valence-electron chi connectivity index (χ0n) is 11.9. The molecular formula is C13H18BrClN2O2S. The molecule has 1 aromatic rings. The molecule has 0 unspecified atom stereocenters. The smallest absolute Gasteiger partial charge is 0.307 e. The fraction of sp³-hybridized carbons (Fsp3) is 0.538. The van der Waals surface area contributed by atoms with Gasteiger partial charge in [0.05, 0.1) is 25.3 Å². The second kappa shape index (κ2) is 7.64. The Morgan fingerprint density at radius 3 is 2.70 bits per heavy atom. The lowest BCUT2D eigenvalue weighted by atomic mass is 10.1. The summed E-state index contributed by atoms with van der Waals surface area (Å²) >= 11 is 10.9. The lowest BCUT2D eigenvalue weighted by Crippen LogP contribution is -2.25. The van der Waals surface area contributed by atoms with Crippen molar-refractivity contribution in [2.45, 2.75) is 38.0 Å². The summed E-state index contributed by atoms with van der Waals surface area (Å²) in [6.45, 7) is 6.25. The minimum absolute atomic E-state index is 0.0180. The van der Waals surface area contributed by atoms with Crippen molar-refractivity contribution in [1.29, 1.82) is 0 Å². The zero-order chi connectivity index (χ0) is 15.3. The average Bonchev–Trinajstić information content (AvgIpc) is 2.31. The van der Waals surface area contributed by atoms with Crippen LogP contribution in [0.5, 0.6) is 0 Å². The first-order chi connectivity index (χ1) is 9.21. The van der Waals surface area contributed by atoms with Crippen molar-refractivity contribution in [2.24, 2.45) is 0 Å².